The molecular formula is C16H23N3S. The summed E-state index contributed by atoms with van der Waals surface area (Å²) in [6.45, 7) is 5.30. The third-order valence-electron chi connectivity index (χ3n) is 3.20. The molecule has 0 saturated carbocycles. The Labute approximate surface area is 125 Å². The van der Waals surface area contributed by atoms with Crippen LogP contribution in [0, 0.1) is 6.92 Å². The van der Waals surface area contributed by atoms with Crippen LogP contribution in [-0.4, -0.2) is 21.3 Å². The van der Waals surface area contributed by atoms with E-state index in [1.807, 2.05) is 24.2 Å². The number of rotatable bonds is 7. The summed E-state index contributed by atoms with van der Waals surface area (Å²) in [6.07, 6.45) is 5.87. The number of hydrogen-bond acceptors (Lipinski definition) is 3. The third kappa shape index (κ3) is 4.39. The number of nitrogens with two attached hydrogens (primary N) is 1. The maximum Gasteiger partial charge on any atom is 0.110 e. The van der Waals surface area contributed by atoms with E-state index in [-0.39, 0.29) is 6.04 Å². The van der Waals surface area contributed by atoms with Crippen LogP contribution >= 0.6 is 11.8 Å². The number of nitrogens with zero attached hydrogens (tertiary/aromatic N) is 2. The quantitative estimate of drug-likeness (QED) is 0.796. The molecule has 1 aromatic heterocycles. The van der Waals surface area contributed by atoms with Crippen LogP contribution in [0.2, 0.25) is 0 Å². The molecule has 0 bridgehead atoms. The Bertz CT molecular complexity index is 519. The van der Waals surface area contributed by atoms with Crippen LogP contribution in [0.4, 0.5) is 0 Å². The Balaban J connectivity index is 1.84. The van der Waals surface area contributed by atoms with E-state index in [1.54, 1.807) is 0 Å². The van der Waals surface area contributed by atoms with Gasteiger partial charge in [-0.1, -0.05) is 24.6 Å². The number of thioether (sulfide) groups is 1. The second-order valence-electron chi connectivity index (χ2n) is 5.13. The lowest BCUT2D eigenvalue weighted by Gasteiger charge is -2.12. The van der Waals surface area contributed by atoms with Gasteiger partial charge in [0.05, 0.1) is 0 Å². The van der Waals surface area contributed by atoms with Crippen molar-refractivity contribution in [2.75, 3.05) is 5.75 Å². The van der Waals surface area contributed by atoms with E-state index in [0.29, 0.717) is 0 Å². The number of imidazole rings is 1. The SMILES string of the molecule is CCCn1ccnc1CC(N)CSc1ccc(C)cc1. The predicted molar refractivity (Wildman–Crippen MR) is 86.1 cm³/mol. The maximum atomic E-state index is 6.23. The Morgan fingerprint density at radius 1 is 1.30 bits per heavy atom. The summed E-state index contributed by atoms with van der Waals surface area (Å²) in [6, 6.07) is 8.73. The maximum absolute atomic E-state index is 6.23. The molecule has 0 radical (unpaired) electrons. The van der Waals surface area contributed by atoms with Gasteiger partial charge in [-0.15, -0.1) is 11.8 Å². The van der Waals surface area contributed by atoms with Crippen molar-refractivity contribution in [1.82, 2.24) is 9.55 Å². The minimum absolute atomic E-state index is 0.138. The second-order valence-corrected chi connectivity index (χ2v) is 6.22. The van der Waals surface area contributed by atoms with Crippen LogP contribution < -0.4 is 5.73 Å². The van der Waals surface area contributed by atoms with Gasteiger partial charge in [0, 0.05) is 42.0 Å². The molecule has 0 aliphatic carbocycles. The van der Waals surface area contributed by atoms with Crippen LogP contribution in [0.25, 0.3) is 0 Å². The van der Waals surface area contributed by atoms with Crippen molar-refractivity contribution in [3.05, 3.63) is 48.0 Å². The highest BCUT2D eigenvalue weighted by molar-refractivity contribution is 7.99. The summed E-state index contributed by atoms with van der Waals surface area (Å²) in [4.78, 5) is 5.70. The zero-order chi connectivity index (χ0) is 14.4. The molecule has 1 aromatic carbocycles. The summed E-state index contributed by atoms with van der Waals surface area (Å²) in [7, 11) is 0. The summed E-state index contributed by atoms with van der Waals surface area (Å²) < 4.78 is 2.20. The van der Waals surface area contributed by atoms with E-state index in [4.69, 9.17) is 5.73 Å². The molecule has 0 aliphatic rings. The number of aromatic nitrogens is 2. The molecule has 2 N–H and O–H groups in total. The first-order chi connectivity index (χ1) is 9.69. The summed E-state index contributed by atoms with van der Waals surface area (Å²) in [5.74, 6) is 2.02. The van der Waals surface area contributed by atoms with Crippen molar-refractivity contribution in [1.29, 1.82) is 0 Å². The van der Waals surface area contributed by atoms with Crippen LogP contribution in [0.3, 0.4) is 0 Å². The van der Waals surface area contributed by atoms with E-state index in [9.17, 15) is 0 Å². The fourth-order valence-corrected chi connectivity index (χ4v) is 2.96. The molecule has 0 saturated heterocycles. The lowest BCUT2D eigenvalue weighted by Crippen LogP contribution is -2.27. The lowest BCUT2D eigenvalue weighted by molar-refractivity contribution is 0.607. The van der Waals surface area contributed by atoms with Crippen molar-refractivity contribution < 1.29 is 0 Å². The third-order valence-corrected chi connectivity index (χ3v) is 4.40. The van der Waals surface area contributed by atoms with Crippen LogP contribution in [0.1, 0.15) is 24.7 Å². The fourth-order valence-electron chi connectivity index (χ4n) is 2.11. The minimum Gasteiger partial charge on any atom is -0.335 e. The number of aryl methyl sites for hydroxylation is 2. The molecule has 20 heavy (non-hydrogen) atoms. The molecule has 2 rings (SSSR count). The van der Waals surface area contributed by atoms with Gasteiger partial charge >= 0.3 is 0 Å². The Kier molecular flexibility index (Phi) is 5.68. The zero-order valence-corrected chi connectivity index (χ0v) is 13.1. The van der Waals surface area contributed by atoms with Gasteiger partial charge in [-0.2, -0.15) is 0 Å². The summed E-state index contributed by atoms with van der Waals surface area (Å²) >= 11 is 1.82. The average Bonchev–Trinajstić information content (AvgIpc) is 2.86. The lowest BCUT2D eigenvalue weighted by atomic mass is 10.2. The fraction of sp³-hybridized carbons (Fsp3) is 0.438. The molecule has 0 fully saturated rings. The molecule has 108 valence electrons. The topological polar surface area (TPSA) is 43.8 Å². The highest BCUT2D eigenvalue weighted by Gasteiger charge is 2.09. The molecule has 0 aliphatic heterocycles. The van der Waals surface area contributed by atoms with Gasteiger partial charge in [0.25, 0.3) is 0 Å². The van der Waals surface area contributed by atoms with Crippen molar-refractivity contribution in [2.45, 2.75) is 44.2 Å². The van der Waals surface area contributed by atoms with Gasteiger partial charge in [-0.05, 0) is 25.5 Å². The first-order valence-corrected chi connectivity index (χ1v) is 8.12. The average molecular weight is 289 g/mol. The zero-order valence-electron chi connectivity index (χ0n) is 12.2. The molecule has 0 spiro atoms. The van der Waals surface area contributed by atoms with Gasteiger partial charge in [-0.25, -0.2) is 4.98 Å². The molecule has 1 unspecified atom stereocenters. The van der Waals surface area contributed by atoms with Gasteiger partial charge in [0.1, 0.15) is 5.82 Å². The van der Waals surface area contributed by atoms with Crippen molar-refractivity contribution in [3.63, 3.8) is 0 Å². The monoisotopic (exact) mass is 289 g/mol. The highest BCUT2D eigenvalue weighted by atomic mass is 32.2. The molecule has 0 amide bonds. The largest absolute Gasteiger partial charge is 0.335 e. The Morgan fingerprint density at radius 3 is 2.75 bits per heavy atom. The molecule has 4 heteroatoms. The number of benzene rings is 1. The van der Waals surface area contributed by atoms with Gasteiger partial charge < -0.3 is 10.3 Å². The van der Waals surface area contributed by atoms with E-state index in [1.165, 1.54) is 10.5 Å². The Morgan fingerprint density at radius 2 is 2.05 bits per heavy atom. The van der Waals surface area contributed by atoms with Crippen LogP contribution in [0.5, 0.6) is 0 Å². The van der Waals surface area contributed by atoms with Crippen LogP contribution in [0.15, 0.2) is 41.6 Å². The van der Waals surface area contributed by atoms with Gasteiger partial charge in [0.2, 0.25) is 0 Å². The van der Waals surface area contributed by atoms with Crippen molar-refractivity contribution in [3.8, 4) is 0 Å². The van der Waals surface area contributed by atoms with Gasteiger partial charge in [-0.3, -0.25) is 0 Å². The van der Waals surface area contributed by atoms with Crippen molar-refractivity contribution in [2.24, 2.45) is 5.73 Å². The minimum atomic E-state index is 0.138. The Hall–Kier alpha value is -1.26. The second kappa shape index (κ2) is 7.50. The molecule has 1 atom stereocenters. The molecule has 1 heterocycles. The standard InChI is InChI=1S/C16H23N3S/c1-3-9-19-10-8-18-16(19)11-14(17)12-20-15-6-4-13(2)5-7-15/h4-8,10,14H,3,9,11-12,17H2,1-2H3. The number of hydrogen-bond donors (Lipinski definition) is 1. The van der Waals surface area contributed by atoms with E-state index < -0.39 is 0 Å². The van der Waals surface area contributed by atoms with Crippen molar-refractivity contribution >= 4 is 11.8 Å². The highest BCUT2D eigenvalue weighted by Crippen LogP contribution is 2.19. The van der Waals surface area contributed by atoms with E-state index >= 15 is 0 Å². The summed E-state index contributed by atoms with van der Waals surface area (Å²) in [5, 5.41) is 0. The van der Waals surface area contributed by atoms with E-state index in [2.05, 4.69) is 47.7 Å². The summed E-state index contributed by atoms with van der Waals surface area (Å²) in [5.41, 5.74) is 7.53. The molecule has 3 nitrogen and oxygen atoms in total. The van der Waals surface area contributed by atoms with Gasteiger partial charge in [0.15, 0.2) is 0 Å². The van der Waals surface area contributed by atoms with Crippen LogP contribution in [-0.2, 0) is 13.0 Å². The van der Waals surface area contributed by atoms with E-state index in [0.717, 1.165) is 31.0 Å². The smallest absolute Gasteiger partial charge is 0.110 e. The first kappa shape index (κ1) is 15.1. The molecule has 2 aromatic rings. The first-order valence-electron chi connectivity index (χ1n) is 7.14. The molecular weight excluding hydrogens is 266 g/mol. The predicted octanol–water partition coefficient (Wildman–Crippen LogP) is 3.26. The normalized spacial score (nSPS) is 12.6.